The number of hydrogen-bond donors (Lipinski definition) is 1. The van der Waals surface area contributed by atoms with Crippen LogP contribution in [0.4, 0.5) is 0 Å². The third-order valence-electron chi connectivity index (χ3n) is 3.78. The zero-order chi connectivity index (χ0) is 13.1. The Labute approximate surface area is 110 Å². The predicted octanol–water partition coefficient (Wildman–Crippen LogP) is 3.94. The average Bonchev–Trinajstić information content (AvgIpc) is 2.27. The van der Waals surface area contributed by atoms with E-state index in [1.165, 1.54) is 6.42 Å². The van der Waals surface area contributed by atoms with Crippen LogP contribution in [0.25, 0.3) is 0 Å². The van der Waals surface area contributed by atoms with Gasteiger partial charge in [0.25, 0.3) is 0 Å². The van der Waals surface area contributed by atoms with Gasteiger partial charge in [-0.1, -0.05) is 26.0 Å². The Bertz CT molecular complexity index is 376. The van der Waals surface area contributed by atoms with E-state index in [1.54, 1.807) is 6.92 Å². The quantitative estimate of drug-likeness (QED) is 0.877. The van der Waals surface area contributed by atoms with Crippen molar-refractivity contribution in [2.45, 2.75) is 52.2 Å². The number of aliphatic hydroxyl groups excluding tert-OH is 1. The Morgan fingerprint density at radius 1 is 1.17 bits per heavy atom. The maximum Gasteiger partial charge on any atom is 0.120 e. The van der Waals surface area contributed by atoms with E-state index in [0.717, 1.165) is 36.0 Å². The highest BCUT2D eigenvalue weighted by molar-refractivity contribution is 5.29. The van der Waals surface area contributed by atoms with E-state index >= 15 is 0 Å². The lowest BCUT2D eigenvalue weighted by atomic mass is 9.82. The minimum absolute atomic E-state index is 0.327. The maximum atomic E-state index is 9.58. The van der Waals surface area contributed by atoms with Gasteiger partial charge < -0.3 is 9.84 Å². The van der Waals surface area contributed by atoms with Gasteiger partial charge in [0, 0.05) is 0 Å². The first-order valence-corrected chi connectivity index (χ1v) is 6.99. The second-order valence-electron chi connectivity index (χ2n) is 5.91. The molecule has 1 fully saturated rings. The average molecular weight is 248 g/mol. The van der Waals surface area contributed by atoms with Crippen molar-refractivity contribution in [2.24, 2.45) is 11.8 Å². The van der Waals surface area contributed by atoms with Crippen molar-refractivity contribution < 1.29 is 9.84 Å². The van der Waals surface area contributed by atoms with E-state index in [1.807, 2.05) is 24.3 Å². The van der Waals surface area contributed by atoms with E-state index in [2.05, 4.69) is 13.8 Å². The van der Waals surface area contributed by atoms with Crippen LogP contribution in [0.1, 0.15) is 51.7 Å². The molecule has 0 heterocycles. The molecule has 2 nitrogen and oxygen atoms in total. The molecule has 1 N–H and O–H groups in total. The highest BCUT2D eigenvalue weighted by Crippen LogP contribution is 2.31. The first-order valence-electron chi connectivity index (χ1n) is 6.99. The monoisotopic (exact) mass is 248 g/mol. The van der Waals surface area contributed by atoms with Gasteiger partial charge in [0.1, 0.15) is 5.75 Å². The van der Waals surface area contributed by atoms with Gasteiger partial charge in [0.2, 0.25) is 0 Å². The molecule has 0 amide bonds. The lowest BCUT2D eigenvalue weighted by Gasteiger charge is -2.31. The summed E-state index contributed by atoms with van der Waals surface area (Å²) in [6.45, 7) is 6.39. The van der Waals surface area contributed by atoms with E-state index in [0.29, 0.717) is 6.10 Å². The van der Waals surface area contributed by atoms with Gasteiger partial charge in [-0.15, -0.1) is 0 Å². The Hall–Kier alpha value is -1.02. The summed E-state index contributed by atoms with van der Waals surface area (Å²) in [6.07, 6.45) is 3.49. The molecule has 0 spiro atoms. The molecule has 0 radical (unpaired) electrons. The maximum absolute atomic E-state index is 9.58. The highest BCUT2D eigenvalue weighted by atomic mass is 16.5. The van der Waals surface area contributed by atoms with Gasteiger partial charge in [-0.3, -0.25) is 0 Å². The van der Waals surface area contributed by atoms with Crippen LogP contribution >= 0.6 is 0 Å². The molecular weight excluding hydrogens is 224 g/mol. The Kier molecular flexibility index (Phi) is 4.28. The summed E-state index contributed by atoms with van der Waals surface area (Å²) in [4.78, 5) is 0. The van der Waals surface area contributed by atoms with Crippen LogP contribution in [-0.2, 0) is 0 Å². The summed E-state index contributed by atoms with van der Waals surface area (Å²) >= 11 is 0. The highest BCUT2D eigenvalue weighted by Gasteiger charge is 2.25. The van der Waals surface area contributed by atoms with E-state index in [-0.39, 0.29) is 0 Å². The lowest BCUT2D eigenvalue weighted by molar-refractivity contribution is 0.101. The second-order valence-corrected chi connectivity index (χ2v) is 5.91. The molecule has 1 aromatic rings. The SMILES string of the molecule is CC1CC(C)CC(Oc2cccc(C(C)O)c2)C1. The minimum Gasteiger partial charge on any atom is -0.490 e. The first-order chi connectivity index (χ1) is 8.54. The standard InChI is InChI=1S/C16H24O2/c1-11-7-12(2)9-16(8-11)18-15-6-4-5-14(10-15)13(3)17/h4-6,10-13,16-17H,7-9H2,1-3H3. The zero-order valence-electron chi connectivity index (χ0n) is 11.6. The molecule has 1 saturated carbocycles. The van der Waals surface area contributed by atoms with Crippen LogP contribution in [0.3, 0.4) is 0 Å². The van der Waals surface area contributed by atoms with Crippen molar-refractivity contribution in [2.75, 3.05) is 0 Å². The Morgan fingerprint density at radius 3 is 2.44 bits per heavy atom. The summed E-state index contributed by atoms with van der Waals surface area (Å²) < 4.78 is 6.08. The molecule has 18 heavy (non-hydrogen) atoms. The predicted molar refractivity (Wildman–Crippen MR) is 73.7 cm³/mol. The number of hydrogen-bond acceptors (Lipinski definition) is 2. The molecule has 3 unspecified atom stereocenters. The van der Waals surface area contributed by atoms with Crippen molar-refractivity contribution >= 4 is 0 Å². The van der Waals surface area contributed by atoms with Gasteiger partial charge in [-0.25, -0.2) is 0 Å². The van der Waals surface area contributed by atoms with Crippen LogP contribution in [0, 0.1) is 11.8 Å². The van der Waals surface area contributed by atoms with Gasteiger partial charge in [-0.05, 0) is 55.7 Å². The molecule has 0 aliphatic heterocycles. The molecule has 3 atom stereocenters. The van der Waals surface area contributed by atoms with Crippen molar-refractivity contribution in [3.8, 4) is 5.75 Å². The lowest BCUT2D eigenvalue weighted by Crippen LogP contribution is -2.28. The van der Waals surface area contributed by atoms with E-state index in [4.69, 9.17) is 4.74 Å². The molecule has 0 bridgehead atoms. The third-order valence-corrected chi connectivity index (χ3v) is 3.78. The zero-order valence-corrected chi connectivity index (χ0v) is 11.6. The van der Waals surface area contributed by atoms with Crippen LogP contribution in [0.15, 0.2) is 24.3 Å². The van der Waals surface area contributed by atoms with Crippen molar-refractivity contribution in [3.05, 3.63) is 29.8 Å². The number of aliphatic hydroxyl groups is 1. The number of benzene rings is 1. The van der Waals surface area contributed by atoms with Gasteiger partial charge in [-0.2, -0.15) is 0 Å². The molecule has 100 valence electrons. The number of ether oxygens (including phenoxy) is 1. The smallest absolute Gasteiger partial charge is 0.120 e. The molecular formula is C16H24O2. The van der Waals surface area contributed by atoms with Gasteiger partial charge >= 0.3 is 0 Å². The van der Waals surface area contributed by atoms with Crippen LogP contribution in [0.5, 0.6) is 5.75 Å². The van der Waals surface area contributed by atoms with Gasteiger partial charge in [0.05, 0.1) is 12.2 Å². The Balaban J connectivity index is 2.02. The molecule has 1 aliphatic rings. The van der Waals surface area contributed by atoms with E-state index in [9.17, 15) is 5.11 Å². The Morgan fingerprint density at radius 2 is 1.83 bits per heavy atom. The number of rotatable bonds is 3. The first kappa shape index (κ1) is 13.4. The third kappa shape index (κ3) is 3.49. The molecule has 2 heteroatoms. The molecule has 0 aromatic heterocycles. The summed E-state index contributed by atoms with van der Waals surface area (Å²) in [5.74, 6) is 2.39. The molecule has 2 rings (SSSR count). The molecule has 1 aromatic carbocycles. The summed E-state index contributed by atoms with van der Waals surface area (Å²) in [5.41, 5.74) is 0.921. The fourth-order valence-electron chi connectivity index (χ4n) is 3.01. The van der Waals surface area contributed by atoms with Crippen molar-refractivity contribution in [3.63, 3.8) is 0 Å². The fraction of sp³-hybridized carbons (Fsp3) is 0.625. The van der Waals surface area contributed by atoms with Crippen molar-refractivity contribution in [1.29, 1.82) is 0 Å². The van der Waals surface area contributed by atoms with Crippen LogP contribution < -0.4 is 4.74 Å². The molecule has 0 saturated heterocycles. The normalized spacial score (nSPS) is 29.9. The topological polar surface area (TPSA) is 29.5 Å². The molecule has 1 aliphatic carbocycles. The summed E-state index contributed by atoms with van der Waals surface area (Å²) in [7, 11) is 0. The van der Waals surface area contributed by atoms with Gasteiger partial charge in [0.15, 0.2) is 0 Å². The van der Waals surface area contributed by atoms with Crippen molar-refractivity contribution in [1.82, 2.24) is 0 Å². The van der Waals surface area contributed by atoms with E-state index < -0.39 is 6.10 Å². The summed E-state index contributed by atoms with van der Waals surface area (Å²) in [5, 5.41) is 9.58. The fourth-order valence-corrected chi connectivity index (χ4v) is 3.01. The summed E-state index contributed by atoms with van der Waals surface area (Å²) in [6, 6.07) is 7.82. The largest absolute Gasteiger partial charge is 0.490 e. The van der Waals surface area contributed by atoms with Crippen LogP contribution in [-0.4, -0.2) is 11.2 Å². The van der Waals surface area contributed by atoms with Crippen LogP contribution in [0.2, 0.25) is 0 Å². The second kappa shape index (κ2) is 5.75. The minimum atomic E-state index is -0.433.